The molecule has 4 rings (SSSR count). The van der Waals surface area contributed by atoms with E-state index in [0.29, 0.717) is 16.4 Å². The SMILES string of the molecule is O=C(Cc1ccc(-c2cc(Cl)ccc2-n2cnnn2)cn1)Nc1ccc(C(=O)O)cc1. The number of hydrogen-bond donors (Lipinski definition) is 2. The maximum absolute atomic E-state index is 12.3. The van der Waals surface area contributed by atoms with Crippen LogP contribution in [-0.4, -0.2) is 42.2 Å². The average molecular weight is 435 g/mol. The van der Waals surface area contributed by atoms with Gasteiger partial charge in [-0.3, -0.25) is 9.78 Å². The van der Waals surface area contributed by atoms with Crippen LogP contribution in [0.3, 0.4) is 0 Å². The minimum atomic E-state index is -1.02. The number of halogens is 1. The molecule has 0 bridgehead atoms. The molecule has 0 aliphatic carbocycles. The highest BCUT2D eigenvalue weighted by atomic mass is 35.5. The van der Waals surface area contributed by atoms with Crippen molar-refractivity contribution in [3.63, 3.8) is 0 Å². The van der Waals surface area contributed by atoms with Gasteiger partial charge >= 0.3 is 5.97 Å². The number of anilines is 1. The first kappa shape index (κ1) is 20.2. The van der Waals surface area contributed by atoms with Gasteiger partial charge < -0.3 is 10.4 Å². The molecular weight excluding hydrogens is 420 g/mol. The molecule has 0 atom stereocenters. The van der Waals surface area contributed by atoms with Gasteiger partial charge in [0.2, 0.25) is 5.91 Å². The Balaban J connectivity index is 1.48. The lowest BCUT2D eigenvalue weighted by atomic mass is 10.0. The third-order valence-corrected chi connectivity index (χ3v) is 4.68. The van der Waals surface area contributed by atoms with E-state index in [1.165, 1.54) is 35.3 Å². The molecule has 1 amide bonds. The number of nitrogens with one attached hydrogen (secondary N) is 1. The van der Waals surface area contributed by atoms with Gasteiger partial charge in [0, 0.05) is 33.7 Å². The van der Waals surface area contributed by atoms with E-state index in [0.717, 1.165) is 16.8 Å². The van der Waals surface area contributed by atoms with E-state index in [1.54, 1.807) is 24.4 Å². The van der Waals surface area contributed by atoms with Gasteiger partial charge in [0.1, 0.15) is 6.33 Å². The molecule has 0 unspecified atom stereocenters. The van der Waals surface area contributed by atoms with Crippen molar-refractivity contribution in [1.82, 2.24) is 25.2 Å². The number of rotatable bonds is 6. The molecule has 0 saturated carbocycles. The molecule has 0 spiro atoms. The largest absolute Gasteiger partial charge is 0.478 e. The molecule has 0 saturated heterocycles. The summed E-state index contributed by atoms with van der Waals surface area (Å²) in [4.78, 5) is 27.6. The first-order valence-electron chi connectivity index (χ1n) is 9.11. The zero-order chi connectivity index (χ0) is 21.8. The van der Waals surface area contributed by atoms with Crippen LogP contribution in [0.2, 0.25) is 5.02 Å². The van der Waals surface area contributed by atoms with Gasteiger partial charge in [0.25, 0.3) is 0 Å². The number of carbonyl (C=O) groups excluding carboxylic acids is 1. The summed E-state index contributed by atoms with van der Waals surface area (Å²) in [6.07, 6.45) is 3.21. The third-order valence-electron chi connectivity index (χ3n) is 4.45. The molecule has 2 aromatic carbocycles. The van der Waals surface area contributed by atoms with E-state index in [4.69, 9.17) is 16.7 Å². The number of tetrazole rings is 1. The summed E-state index contributed by atoms with van der Waals surface area (Å²) in [5.41, 5.74) is 3.57. The highest BCUT2D eigenvalue weighted by molar-refractivity contribution is 6.31. The Morgan fingerprint density at radius 1 is 1.06 bits per heavy atom. The number of amides is 1. The minimum Gasteiger partial charge on any atom is -0.478 e. The summed E-state index contributed by atoms with van der Waals surface area (Å²) in [5.74, 6) is -1.29. The van der Waals surface area contributed by atoms with E-state index < -0.39 is 5.97 Å². The van der Waals surface area contributed by atoms with Crippen molar-refractivity contribution < 1.29 is 14.7 Å². The lowest BCUT2D eigenvalue weighted by Crippen LogP contribution is -2.15. The maximum Gasteiger partial charge on any atom is 0.335 e. The average Bonchev–Trinajstić information content (AvgIpc) is 3.29. The monoisotopic (exact) mass is 434 g/mol. The van der Waals surface area contributed by atoms with Gasteiger partial charge in [0.15, 0.2) is 0 Å². The van der Waals surface area contributed by atoms with Crippen LogP contribution in [0.5, 0.6) is 0 Å². The zero-order valence-corrected chi connectivity index (χ0v) is 16.7. The minimum absolute atomic E-state index is 0.0658. The smallest absolute Gasteiger partial charge is 0.335 e. The first-order chi connectivity index (χ1) is 15.0. The van der Waals surface area contributed by atoms with Crippen LogP contribution in [0.15, 0.2) is 67.1 Å². The van der Waals surface area contributed by atoms with E-state index in [1.807, 2.05) is 12.1 Å². The Bertz CT molecular complexity index is 1230. The summed E-state index contributed by atoms with van der Waals surface area (Å²) >= 11 is 6.17. The van der Waals surface area contributed by atoms with Crippen molar-refractivity contribution in [3.8, 4) is 16.8 Å². The Hall–Kier alpha value is -4.11. The lowest BCUT2D eigenvalue weighted by molar-refractivity contribution is -0.115. The molecule has 2 N–H and O–H groups in total. The van der Waals surface area contributed by atoms with E-state index in [2.05, 4.69) is 25.8 Å². The van der Waals surface area contributed by atoms with Crippen molar-refractivity contribution in [2.45, 2.75) is 6.42 Å². The van der Waals surface area contributed by atoms with Crippen molar-refractivity contribution in [2.24, 2.45) is 0 Å². The van der Waals surface area contributed by atoms with Crippen LogP contribution < -0.4 is 5.32 Å². The molecule has 31 heavy (non-hydrogen) atoms. The van der Waals surface area contributed by atoms with Crippen molar-refractivity contribution in [1.29, 1.82) is 0 Å². The number of nitrogens with zero attached hydrogens (tertiary/aromatic N) is 5. The molecule has 2 heterocycles. The summed E-state index contributed by atoms with van der Waals surface area (Å²) < 4.78 is 1.53. The van der Waals surface area contributed by atoms with Crippen LogP contribution in [0, 0.1) is 0 Å². The lowest BCUT2D eigenvalue weighted by Gasteiger charge is -2.10. The number of benzene rings is 2. The second-order valence-electron chi connectivity index (χ2n) is 6.56. The van der Waals surface area contributed by atoms with Gasteiger partial charge in [-0.15, -0.1) is 5.10 Å². The number of carboxylic acid groups (broad SMARTS) is 1. The van der Waals surface area contributed by atoms with E-state index >= 15 is 0 Å². The molecule has 2 aromatic heterocycles. The van der Waals surface area contributed by atoms with Gasteiger partial charge in [0.05, 0.1) is 17.7 Å². The Kier molecular flexibility index (Phi) is 5.67. The molecule has 9 nitrogen and oxygen atoms in total. The first-order valence-corrected chi connectivity index (χ1v) is 9.49. The molecule has 4 aromatic rings. The standard InChI is InChI=1S/C21H15ClN6O3/c22-15-4-8-19(28-12-24-26-27-28)18(9-15)14-3-7-17(23-11-14)10-20(29)25-16-5-1-13(2-6-16)21(30)31/h1-9,11-12H,10H2,(H,25,29)(H,30,31). The molecule has 0 fully saturated rings. The quantitative estimate of drug-likeness (QED) is 0.477. The molecule has 10 heteroatoms. The number of hydrogen-bond acceptors (Lipinski definition) is 6. The number of aromatic carboxylic acids is 1. The Labute approximate surface area is 181 Å². The summed E-state index contributed by atoms with van der Waals surface area (Å²) in [5, 5.41) is 23.5. The van der Waals surface area contributed by atoms with Gasteiger partial charge in [-0.1, -0.05) is 17.7 Å². The number of aromatic nitrogens is 5. The molecule has 0 radical (unpaired) electrons. The van der Waals surface area contributed by atoms with Crippen molar-refractivity contribution in [3.05, 3.63) is 83.4 Å². The maximum atomic E-state index is 12.3. The van der Waals surface area contributed by atoms with E-state index in [9.17, 15) is 9.59 Å². The fraction of sp³-hybridized carbons (Fsp3) is 0.0476. The van der Waals surface area contributed by atoms with Crippen LogP contribution in [0.1, 0.15) is 16.1 Å². The van der Waals surface area contributed by atoms with Crippen LogP contribution in [0.25, 0.3) is 16.8 Å². The summed E-state index contributed by atoms with van der Waals surface area (Å²) in [6.45, 7) is 0. The number of pyridine rings is 1. The number of carbonyl (C=O) groups is 2. The molecular formula is C21H15ClN6O3. The third kappa shape index (κ3) is 4.73. The van der Waals surface area contributed by atoms with Crippen LogP contribution >= 0.6 is 11.6 Å². The van der Waals surface area contributed by atoms with Gasteiger partial charge in [-0.25, -0.2) is 4.79 Å². The fourth-order valence-corrected chi connectivity index (χ4v) is 3.14. The van der Waals surface area contributed by atoms with E-state index in [-0.39, 0.29) is 17.9 Å². The summed E-state index contributed by atoms with van der Waals surface area (Å²) in [6, 6.07) is 14.9. The highest BCUT2D eigenvalue weighted by Crippen LogP contribution is 2.29. The van der Waals surface area contributed by atoms with Crippen LogP contribution in [-0.2, 0) is 11.2 Å². The summed E-state index contributed by atoms with van der Waals surface area (Å²) in [7, 11) is 0. The predicted molar refractivity (Wildman–Crippen MR) is 113 cm³/mol. The molecule has 0 aliphatic rings. The Morgan fingerprint density at radius 2 is 1.87 bits per heavy atom. The normalized spacial score (nSPS) is 10.6. The zero-order valence-electron chi connectivity index (χ0n) is 15.9. The van der Waals surface area contributed by atoms with Gasteiger partial charge in [-0.05, 0) is 59.0 Å². The van der Waals surface area contributed by atoms with Crippen molar-refractivity contribution >= 4 is 29.2 Å². The highest BCUT2D eigenvalue weighted by Gasteiger charge is 2.11. The topological polar surface area (TPSA) is 123 Å². The van der Waals surface area contributed by atoms with Crippen LogP contribution in [0.4, 0.5) is 5.69 Å². The Morgan fingerprint density at radius 3 is 2.52 bits per heavy atom. The second kappa shape index (κ2) is 8.72. The second-order valence-corrected chi connectivity index (χ2v) is 7.00. The fourth-order valence-electron chi connectivity index (χ4n) is 2.97. The molecule has 0 aliphatic heterocycles. The van der Waals surface area contributed by atoms with Crippen molar-refractivity contribution in [2.75, 3.05) is 5.32 Å². The number of carboxylic acids is 1. The predicted octanol–water partition coefficient (Wildman–Crippen LogP) is 3.26. The van der Waals surface area contributed by atoms with Gasteiger partial charge in [-0.2, -0.15) is 4.68 Å². The molecule has 154 valence electrons.